The molecule has 0 atom stereocenters. The summed E-state index contributed by atoms with van der Waals surface area (Å²) in [5.41, 5.74) is 1.92. The molecule has 0 saturated carbocycles. The zero-order chi connectivity index (χ0) is 18.4. The van der Waals surface area contributed by atoms with E-state index in [1.165, 1.54) is 0 Å². The van der Waals surface area contributed by atoms with E-state index in [4.69, 9.17) is 0 Å². The first-order valence-electron chi connectivity index (χ1n) is 8.39. The highest BCUT2D eigenvalue weighted by Gasteiger charge is 2.07. The highest BCUT2D eigenvalue weighted by atomic mass is 32.1. The van der Waals surface area contributed by atoms with Crippen LogP contribution < -0.4 is 16.0 Å². The van der Waals surface area contributed by atoms with Crippen LogP contribution in [-0.2, 0) is 13.5 Å². The number of fused-ring (bicyclic) bond motifs is 1. The monoisotopic (exact) mass is 373 g/mol. The fourth-order valence-electron chi connectivity index (χ4n) is 2.52. The Kier molecular flexibility index (Phi) is 5.95. The van der Waals surface area contributed by atoms with E-state index >= 15 is 0 Å². The predicted molar refractivity (Wildman–Crippen MR) is 105 cm³/mol. The Morgan fingerprint density at radius 2 is 2.08 bits per heavy atom. The predicted octanol–water partition coefficient (Wildman–Crippen LogP) is 0.948. The topological polar surface area (TPSA) is 105 Å². The Bertz CT molecular complexity index is 883. The molecular formula is C16H23N9S. The standard InChI is InChI=1S/C16H23N9S/c1-11-24-12(9-26-11)4-5-19-16(17-2)20-7-6-18-14-13-8-23-25(3)15(13)22-10-21-14/h8-10H,4-7H2,1-3H3,(H2,17,19,20)(H,18,21,22). The number of thiazole rings is 1. The van der Waals surface area contributed by atoms with E-state index in [0.29, 0.717) is 13.1 Å². The fourth-order valence-corrected chi connectivity index (χ4v) is 3.16. The summed E-state index contributed by atoms with van der Waals surface area (Å²) in [5.74, 6) is 1.56. The van der Waals surface area contributed by atoms with Gasteiger partial charge in [-0.15, -0.1) is 11.3 Å². The van der Waals surface area contributed by atoms with Crippen LogP contribution in [0.15, 0.2) is 22.9 Å². The molecule has 0 fully saturated rings. The van der Waals surface area contributed by atoms with Gasteiger partial charge in [-0.25, -0.2) is 15.0 Å². The third-order valence-corrected chi connectivity index (χ3v) is 4.63. The molecule has 9 nitrogen and oxygen atoms in total. The van der Waals surface area contributed by atoms with Crippen molar-refractivity contribution >= 4 is 34.1 Å². The van der Waals surface area contributed by atoms with Crippen molar-refractivity contribution < 1.29 is 0 Å². The second-order valence-corrected chi connectivity index (χ2v) is 6.75. The summed E-state index contributed by atoms with van der Waals surface area (Å²) in [6.07, 6.45) is 4.19. The molecule has 0 saturated heterocycles. The SMILES string of the molecule is CN=C(NCCNc1ncnc2c1cnn2C)NCCc1csc(C)n1. The molecule has 0 bridgehead atoms. The van der Waals surface area contributed by atoms with Crippen molar-refractivity contribution in [1.29, 1.82) is 0 Å². The minimum Gasteiger partial charge on any atom is -0.368 e. The number of hydrogen-bond acceptors (Lipinski definition) is 7. The minimum absolute atomic E-state index is 0.701. The number of aliphatic imine (C=N–C) groups is 1. The van der Waals surface area contributed by atoms with Crippen LogP contribution >= 0.6 is 11.3 Å². The van der Waals surface area contributed by atoms with Gasteiger partial charge < -0.3 is 16.0 Å². The summed E-state index contributed by atoms with van der Waals surface area (Å²) in [7, 11) is 3.63. The molecule has 26 heavy (non-hydrogen) atoms. The molecule has 0 aromatic carbocycles. The highest BCUT2D eigenvalue weighted by Crippen LogP contribution is 2.17. The van der Waals surface area contributed by atoms with Gasteiger partial charge in [0.15, 0.2) is 11.6 Å². The highest BCUT2D eigenvalue weighted by molar-refractivity contribution is 7.09. The van der Waals surface area contributed by atoms with Crippen LogP contribution in [0.1, 0.15) is 10.7 Å². The second kappa shape index (κ2) is 8.56. The summed E-state index contributed by atoms with van der Waals surface area (Å²) in [6, 6.07) is 0. The van der Waals surface area contributed by atoms with E-state index < -0.39 is 0 Å². The van der Waals surface area contributed by atoms with E-state index in [1.807, 2.05) is 14.0 Å². The average molecular weight is 373 g/mol. The Morgan fingerprint density at radius 3 is 2.85 bits per heavy atom. The number of anilines is 1. The largest absolute Gasteiger partial charge is 0.368 e. The van der Waals surface area contributed by atoms with Crippen molar-refractivity contribution in [3.05, 3.63) is 28.6 Å². The van der Waals surface area contributed by atoms with Crippen LogP contribution in [0.4, 0.5) is 5.82 Å². The minimum atomic E-state index is 0.701. The number of aryl methyl sites for hydroxylation is 2. The molecule has 138 valence electrons. The second-order valence-electron chi connectivity index (χ2n) is 5.69. The van der Waals surface area contributed by atoms with E-state index in [1.54, 1.807) is 35.6 Å². The fraction of sp³-hybridized carbons (Fsp3) is 0.438. The van der Waals surface area contributed by atoms with Crippen LogP contribution in [-0.4, -0.2) is 57.4 Å². The van der Waals surface area contributed by atoms with Crippen molar-refractivity contribution in [3.63, 3.8) is 0 Å². The Balaban J connectivity index is 1.41. The molecule has 0 aliphatic rings. The van der Waals surface area contributed by atoms with Crippen molar-refractivity contribution in [1.82, 2.24) is 35.4 Å². The van der Waals surface area contributed by atoms with Gasteiger partial charge in [-0.2, -0.15) is 5.10 Å². The molecule has 0 aliphatic carbocycles. The molecule has 0 aliphatic heterocycles. The number of guanidine groups is 1. The van der Waals surface area contributed by atoms with Crippen LogP contribution in [0.3, 0.4) is 0 Å². The van der Waals surface area contributed by atoms with E-state index in [9.17, 15) is 0 Å². The number of rotatable bonds is 7. The zero-order valence-corrected chi connectivity index (χ0v) is 16.0. The van der Waals surface area contributed by atoms with Crippen molar-refractivity contribution in [2.75, 3.05) is 32.0 Å². The van der Waals surface area contributed by atoms with Crippen LogP contribution in [0.25, 0.3) is 11.0 Å². The summed E-state index contributed by atoms with van der Waals surface area (Å²) >= 11 is 1.68. The molecule has 3 rings (SSSR count). The first-order chi connectivity index (χ1) is 12.7. The third-order valence-electron chi connectivity index (χ3n) is 3.80. The van der Waals surface area contributed by atoms with Crippen LogP contribution in [0, 0.1) is 6.92 Å². The quantitative estimate of drug-likeness (QED) is 0.322. The summed E-state index contributed by atoms with van der Waals surface area (Å²) in [5, 5.41) is 18.2. The molecule has 0 radical (unpaired) electrons. The Labute approximate surface area is 156 Å². The Morgan fingerprint density at radius 1 is 1.23 bits per heavy atom. The van der Waals surface area contributed by atoms with Crippen molar-refractivity contribution in [2.24, 2.45) is 12.0 Å². The molecule has 10 heteroatoms. The molecule has 0 spiro atoms. The van der Waals surface area contributed by atoms with Crippen LogP contribution in [0.5, 0.6) is 0 Å². The van der Waals surface area contributed by atoms with Gasteiger partial charge >= 0.3 is 0 Å². The van der Waals surface area contributed by atoms with Gasteiger partial charge in [0, 0.05) is 45.5 Å². The van der Waals surface area contributed by atoms with E-state index in [-0.39, 0.29) is 0 Å². The van der Waals surface area contributed by atoms with Crippen molar-refractivity contribution in [2.45, 2.75) is 13.3 Å². The maximum atomic E-state index is 4.46. The smallest absolute Gasteiger partial charge is 0.191 e. The lowest BCUT2D eigenvalue weighted by Gasteiger charge is -2.12. The van der Waals surface area contributed by atoms with Crippen LogP contribution in [0.2, 0.25) is 0 Å². The molecule has 3 heterocycles. The Hall–Kier alpha value is -2.75. The maximum absolute atomic E-state index is 4.46. The molecule has 0 unspecified atom stereocenters. The van der Waals surface area contributed by atoms with Gasteiger partial charge in [0.2, 0.25) is 0 Å². The summed E-state index contributed by atoms with van der Waals surface area (Å²) in [6.45, 7) is 4.22. The van der Waals surface area contributed by atoms with E-state index in [0.717, 1.165) is 46.5 Å². The average Bonchev–Trinajstić information content (AvgIpc) is 3.23. The normalized spacial score (nSPS) is 11.7. The summed E-state index contributed by atoms with van der Waals surface area (Å²) < 4.78 is 1.73. The van der Waals surface area contributed by atoms with Gasteiger partial charge in [0.25, 0.3) is 0 Å². The van der Waals surface area contributed by atoms with Gasteiger partial charge in [-0.1, -0.05) is 0 Å². The maximum Gasteiger partial charge on any atom is 0.191 e. The zero-order valence-electron chi connectivity index (χ0n) is 15.2. The number of hydrogen-bond donors (Lipinski definition) is 3. The van der Waals surface area contributed by atoms with Gasteiger partial charge in [-0.05, 0) is 6.92 Å². The lowest BCUT2D eigenvalue weighted by Crippen LogP contribution is -2.40. The molecular weight excluding hydrogens is 350 g/mol. The van der Waals surface area contributed by atoms with E-state index in [2.05, 4.69) is 46.4 Å². The molecule has 3 N–H and O–H groups in total. The lowest BCUT2D eigenvalue weighted by molar-refractivity contribution is 0.784. The molecule has 0 amide bonds. The first kappa shape index (κ1) is 18.1. The van der Waals surface area contributed by atoms with Gasteiger partial charge in [0.1, 0.15) is 12.1 Å². The molecule has 3 aromatic rings. The summed E-state index contributed by atoms with van der Waals surface area (Å²) in [4.78, 5) is 17.2. The number of nitrogens with zero attached hydrogens (tertiary/aromatic N) is 6. The van der Waals surface area contributed by atoms with Gasteiger partial charge in [0.05, 0.1) is 22.3 Å². The third kappa shape index (κ3) is 4.45. The van der Waals surface area contributed by atoms with Crippen molar-refractivity contribution in [3.8, 4) is 0 Å². The number of nitrogens with one attached hydrogen (secondary N) is 3. The lowest BCUT2D eigenvalue weighted by atomic mass is 10.3. The number of aromatic nitrogens is 5. The molecule has 3 aromatic heterocycles. The first-order valence-corrected chi connectivity index (χ1v) is 9.27. The van der Waals surface area contributed by atoms with Gasteiger partial charge in [-0.3, -0.25) is 9.67 Å².